The first kappa shape index (κ1) is 13.2. The summed E-state index contributed by atoms with van der Waals surface area (Å²) < 4.78 is 13.0. The average Bonchev–Trinajstić information content (AvgIpc) is 2.80. The Labute approximate surface area is 109 Å². The second-order valence-electron chi connectivity index (χ2n) is 4.15. The van der Waals surface area contributed by atoms with Crippen molar-refractivity contribution in [2.45, 2.75) is 19.6 Å². The number of carbonyl (C=O) groups is 1. The molecule has 0 fully saturated rings. The Morgan fingerprint density at radius 3 is 3.00 bits per heavy atom. The van der Waals surface area contributed by atoms with Crippen LogP contribution in [0.3, 0.4) is 0 Å². The van der Waals surface area contributed by atoms with E-state index in [-0.39, 0.29) is 12.1 Å². The van der Waals surface area contributed by atoms with Crippen molar-refractivity contribution in [3.05, 3.63) is 53.4 Å². The molecule has 1 amide bonds. The van der Waals surface area contributed by atoms with Gasteiger partial charge < -0.3 is 15.4 Å². The molecule has 0 radical (unpaired) electrons. The summed E-state index contributed by atoms with van der Waals surface area (Å²) in [5, 5.41) is 12.4. The van der Waals surface area contributed by atoms with Crippen LogP contribution in [0.2, 0.25) is 0 Å². The van der Waals surface area contributed by atoms with Crippen LogP contribution in [0.1, 0.15) is 23.1 Å². The largest absolute Gasteiger partial charge is 0.378 e. The standard InChI is InChI=1S/C13H14FN3O2/c1-8-11(17-7-16-8)6-15-13(19)12(18)9-3-2-4-10(14)5-9/h2-5,7,12,18H,6H2,1H3,(H,15,19)(H,16,17)/t12-/m1/s1. The van der Waals surface area contributed by atoms with Gasteiger partial charge in [-0.15, -0.1) is 0 Å². The number of aliphatic hydroxyl groups excluding tert-OH is 1. The average molecular weight is 263 g/mol. The highest BCUT2D eigenvalue weighted by atomic mass is 19.1. The number of nitrogens with one attached hydrogen (secondary N) is 2. The van der Waals surface area contributed by atoms with Gasteiger partial charge in [-0.25, -0.2) is 9.37 Å². The third kappa shape index (κ3) is 3.17. The van der Waals surface area contributed by atoms with Crippen LogP contribution in [0, 0.1) is 12.7 Å². The highest BCUT2D eigenvalue weighted by molar-refractivity contribution is 5.81. The Morgan fingerprint density at radius 1 is 1.58 bits per heavy atom. The molecule has 3 N–H and O–H groups in total. The number of aromatic amines is 1. The molecule has 1 atom stereocenters. The summed E-state index contributed by atoms with van der Waals surface area (Å²) in [5.41, 5.74) is 1.76. The van der Waals surface area contributed by atoms with Gasteiger partial charge in [-0.05, 0) is 24.6 Å². The molecule has 1 aromatic carbocycles. The van der Waals surface area contributed by atoms with Crippen LogP contribution in [-0.4, -0.2) is 21.0 Å². The molecule has 0 aliphatic carbocycles. The van der Waals surface area contributed by atoms with E-state index in [1.807, 2.05) is 6.92 Å². The number of halogens is 1. The van der Waals surface area contributed by atoms with Gasteiger partial charge in [0.15, 0.2) is 6.10 Å². The van der Waals surface area contributed by atoms with Crippen LogP contribution in [0.5, 0.6) is 0 Å². The second-order valence-corrected chi connectivity index (χ2v) is 4.15. The summed E-state index contributed by atoms with van der Waals surface area (Å²) >= 11 is 0. The lowest BCUT2D eigenvalue weighted by molar-refractivity contribution is -0.129. The third-order valence-corrected chi connectivity index (χ3v) is 2.78. The summed E-state index contributed by atoms with van der Waals surface area (Å²) in [6.07, 6.45) is 0.134. The van der Waals surface area contributed by atoms with Gasteiger partial charge in [-0.2, -0.15) is 0 Å². The third-order valence-electron chi connectivity index (χ3n) is 2.78. The summed E-state index contributed by atoms with van der Waals surface area (Å²) in [7, 11) is 0. The van der Waals surface area contributed by atoms with Crippen LogP contribution in [0.25, 0.3) is 0 Å². The maximum absolute atomic E-state index is 13.0. The highest BCUT2D eigenvalue weighted by Crippen LogP contribution is 2.14. The number of benzene rings is 1. The van der Waals surface area contributed by atoms with Crippen LogP contribution in [0.15, 0.2) is 30.6 Å². The first-order valence-electron chi connectivity index (χ1n) is 5.78. The number of carbonyl (C=O) groups excluding carboxylic acids is 1. The fourth-order valence-electron chi connectivity index (χ4n) is 1.66. The van der Waals surface area contributed by atoms with Gasteiger partial charge in [-0.1, -0.05) is 12.1 Å². The maximum atomic E-state index is 13.0. The van der Waals surface area contributed by atoms with Gasteiger partial charge in [0.2, 0.25) is 0 Å². The molecule has 0 saturated carbocycles. The molecule has 0 aliphatic heterocycles. The van der Waals surface area contributed by atoms with E-state index in [1.54, 1.807) is 0 Å². The molecule has 100 valence electrons. The van der Waals surface area contributed by atoms with E-state index in [2.05, 4.69) is 15.3 Å². The minimum atomic E-state index is -1.39. The number of hydrogen-bond donors (Lipinski definition) is 3. The molecule has 2 rings (SSSR count). The Hall–Kier alpha value is -2.21. The van der Waals surface area contributed by atoms with Gasteiger partial charge in [-0.3, -0.25) is 4.79 Å². The number of H-pyrrole nitrogens is 1. The van der Waals surface area contributed by atoms with Crippen molar-refractivity contribution >= 4 is 5.91 Å². The minimum absolute atomic E-state index is 0.209. The normalized spacial score (nSPS) is 12.2. The molecule has 1 heterocycles. The molecule has 5 nitrogen and oxygen atoms in total. The zero-order chi connectivity index (χ0) is 13.8. The smallest absolute Gasteiger partial charge is 0.253 e. The molecule has 1 aromatic heterocycles. The van der Waals surface area contributed by atoms with Crippen molar-refractivity contribution in [2.75, 3.05) is 0 Å². The summed E-state index contributed by atoms with van der Waals surface area (Å²) in [6.45, 7) is 2.04. The van der Waals surface area contributed by atoms with Crippen LogP contribution in [0.4, 0.5) is 4.39 Å². The molecular weight excluding hydrogens is 249 g/mol. The fraction of sp³-hybridized carbons (Fsp3) is 0.231. The SMILES string of the molecule is Cc1[nH]cnc1CNC(=O)[C@H](O)c1cccc(F)c1. The quantitative estimate of drug-likeness (QED) is 0.775. The molecule has 19 heavy (non-hydrogen) atoms. The highest BCUT2D eigenvalue weighted by Gasteiger charge is 2.17. The summed E-state index contributed by atoms with van der Waals surface area (Å²) in [5.74, 6) is -1.08. The number of hydrogen-bond acceptors (Lipinski definition) is 3. The number of amides is 1. The molecule has 6 heteroatoms. The van der Waals surface area contributed by atoms with E-state index >= 15 is 0 Å². The maximum Gasteiger partial charge on any atom is 0.253 e. The van der Waals surface area contributed by atoms with Crippen molar-refractivity contribution in [3.8, 4) is 0 Å². The Kier molecular flexibility index (Phi) is 3.91. The van der Waals surface area contributed by atoms with E-state index in [0.29, 0.717) is 5.69 Å². The molecule has 0 aliphatic rings. The van der Waals surface area contributed by atoms with Crippen molar-refractivity contribution in [2.24, 2.45) is 0 Å². The van der Waals surface area contributed by atoms with Crippen molar-refractivity contribution in [3.63, 3.8) is 0 Å². The monoisotopic (exact) mass is 263 g/mol. The molecular formula is C13H14FN3O2. The summed E-state index contributed by atoms with van der Waals surface area (Å²) in [4.78, 5) is 18.6. The van der Waals surface area contributed by atoms with E-state index in [9.17, 15) is 14.3 Å². The van der Waals surface area contributed by atoms with Crippen molar-refractivity contribution in [1.29, 1.82) is 0 Å². The Morgan fingerprint density at radius 2 is 2.37 bits per heavy atom. The van der Waals surface area contributed by atoms with Crippen LogP contribution in [-0.2, 0) is 11.3 Å². The first-order valence-corrected chi connectivity index (χ1v) is 5.78. The van der Waals surface area contributed by atoms with Gasteiger partial charge in [0.05, 0.1) is 18.6 Å². The van der Waals surface area contributed by atoms with Gasteiger partial charge >= 0.3 is 0 Å². The molecule has 0 unspecified atom stereocenters. The number of aromatic nitrogens is 2. The van der Waals surface area contributed by atoms with E-state index in [0.717, 1.165) is 11.8 Å². The number of rotatable bonds is 4. The van der Waals surface area contributed by atoms with Crippen LogP contribution >= 0.6 is 0 Å². The lowest BCUT2D eigenvalue weighted by Gasteiger charge is -2.11. The Bertz CT molecular complexity index is 583. The fourth-order valence-corrected chi connectivity index (χ4v) is 1.66. The Balaban J connectivity index is 1.98. The molecule has 0 bridgehead atoms. The number of aryl methyl sites for hydroxylation is 1. The van der Waals surface area contributed by atoms with Gasteiger partial charge in [0.25, 0.3) is 5.91 Å². The predicted molar refractivity (Wildman–Crippen MR) is 66.5 cm³/mol. The van der Waals surface area contributed by atoms with Crippen LogP contribution < -0.4 is 5.32 Å². The van der Waals surface area contributed by atoms with Gasteiger partial charge in [0, 0.05) is 5.69 Å². The van der Waals surface area contributed by atoms with E-state index in [1.165, 1.54) is 24.5 Å². The van der Waals surface area contributed by atoms with Gasteiger partial charge in [0.1, 0.15) is 5.82 Å². The zero-order valence-corrected chi connectivity index (χ0v) is 10.4. The molecule has 0 spiro atoms. The lowest BCUT2D eigenvalue weighted by Crippen LogP contribution is -2.29. The molecule has 2 aromatic rings. The molecule has 0 saturated heterocycles. The van der Waals surface area contributed by atoms with Crippen molar-refractivity contribution < 1.29 is 14.3 Å². The summed E-state index contributed by atoms with van der Waals surface area (Å²) in [6, 6.07) is 5.32. The van der Waals surface area contributed by atoms with E-state index in [4.69, 9.17) is 0 Å². The van der Waals surface area contributed by atoms with Crippen molar-refractivity contribution in [1.82, 2.24) is 15.3 Å². The number of aliphatic hydroxyl groups is 1. The first-order chi connectivity index (χ1) is 9.08. The topological polar surface area (TPSA) is 78.0 Å². The number of nitrogens with zero attached hydrogens (tertiary/aromatic N) is 1. The predicted octanol–water partition coefficient (Wildman–Crippen LogP) is 1.21. The minimum Gasteiger partial charge on any atom is -0.378 e. The number of imidazole rings is 1. The van der Waals surface area contributed by atoms with E-state index < -0.39 is 17.8 Å². The second kappa shape index (κ2) is 5.62. The lowest BCUT2D eigenvalue weighted by atomic mass is 10.1. The zero-order valence-electron chi connectivity index (χ0n) is 10.4.